The van der Waals surface area contributed by atoms with Crippen molar-refractivity contribution in [2.24, 2.45) is 4.36 Å². The highest BCUT2D eigenvalue weighted by Crippen LogP contribution is 2.34. The lowest BCUT2D eigenvalue weighted by Gasteiger charge is -2.20. The number of hydrogen-bond donors (Lipinski definition) is 3. The monoisotopic (exact) mass is 433 g/mol. The molecule has 2 rings (SSSR count). The van der Waals surface area contributed by atoms with Gasteiger partial charge < -0.3 is 10.4 Å². The van der Waals surface area contributed by atoms with Gasteiger partial charge in [0.15, 0.2) is 0 Å². The van der Waals surface area contributed by atoms with Gasteiger partial charge in [-0.25, -0.2) is 9.00 Å². The van der Waals surface area contributed by atoms with Gasteiger partial charge in [0, 0.05) is 10.6 Å². The van der Waals surface area contributed by atoms with E-state index >= 15 is 0 Å². The molecule has 2 aromatic rings. The Morgan fingerprint density at radius 1 is 1.21 bits per heavy atom. The lowest BCUT2D eigenvalue weighted by Crippen LogP contribution is -2.13. The van der Waals surface area contributed by atoms with Gasteiger partial charge in [-0.15, -0.1) is 15.7 Å². The standard InChI is InChI=1S/C21H27N3O3S2/c1-12(2)15-9-14(11-22)10-16(13(3)4)19(15)23-20(25)24-29(27)18-8-7-17(28-18)21(5,6)26/h7-10,12-13,26,29H,1-6H3,(H,23,25). The molecule has 2 amide bonds. The van der Waals surface area contributed by atoms with Gasteiger partial charge in [-0.3, -0.25) is 0 Å². The maximum Gasteiger partial charge on any atom is 0.353 e. The van der Waals surface area contributed by atoms with Crippen LogP contribution < -0.4 is 5.32 Å². The van der Waals surface area contributed by atoms with Gasteiger partial charge in [0.25, 0.3) is 0 Å². The molecule has 0 bridgehead atoms. The lowest BCUT2D eigenvalue weighted by atomic mass is 9.90. The Kier molecular flexibility index (Phi) is 7.22. The minimum Gasteiger partial charge on any atom is -0.385 e. The van der Waals surface area contributed by atoms with Crippen LogP contribution in [-0.2, 0) is 16.2 Å². The van der Waals surface area contributed by atoms with Crippen LogP contribution in [0.15, 0.2) is 32.8 Å². The third kappa shape index (κ3) is 5.66. The summed E-state index contributed by atoms with van der Waals surface area (Å²) in [5, 5.41) is 22.2. The average molecular weight is 434 g/mol. The second kappa shape index (κ2) is 9.08. The molecule has 0 aliphatic rings. The molecule has 0 spiro atoms. The van der Waals surface area contributed by atoms with Crippen molar-refractivity contribution in [1.29, 1.82) is 5.26 Å². The molecular weight excluding hydrogens is 406 g/mol. The summed E-state index contributed by atoms with van der Waals surface area (Å²) in [6, 6.07) is 8.31. The number of thiophene rings is 1. The molecule has 0 aliphatic carbocycles. The first kappa shape index (κ1) is 23.1. The van der Waals surface area contributed by atoms with Crippen molar-refractivity contribution < 1.29 is 14.1 Å². The van der Waals surface area contributed by atoms with E-state index in [-0.39, 0.29) is 11.8 Å². The minimum atomic E-state index is -2.28. The number of urea groups is 1. The van der Waals surface area contributed by atoms with E-state index in [1.54, 1.807) is 38.1 Å². The van der Waals surface area contributed by atoms with Gasteiger partial charge in [0.2, 0.25) is 0 Å². The number of carbonyl (C=O) groups excluding carboxylic acids is 1. The van der Waals surface area contributed by atoms with E-state index in [2.05, 4.69) is 15.7 Å². The number of nitriles is 1. The first-order chi connectivity index (χ1) is 13.4. The highest BCUT2D eigenvalue weighted by Gasteiger charge is 2.20. The van der Waals surface area contributed by atoms with E-state index < -0.39 is 22.2 Å². The molecule has 0 saturated heterocycles. The molecule has 0 radical (unpaired) electrons. The van der Waals surface area contributed by atoms with Gasteiger partial charge in [0.1, 0.15) is 0 Å². The number of hydrogen-bond acceptors (Lipinski definition) is 5. The van der Waals surface area contributed by atoms with Crippen molar-refractivity contribution in [3.63, 3.8) is 0 Å². The summed E-state index contributed by atoms with van der Waals surface area (Å²) in [6.45, 7) is 11.2. The van der Waals surface area contributed by atoms with Crippen LogP contribution in [0.25, 0.3) is 0 Å². The van der Waals surface area contributed by atoms with Crippen molar-refractivity contribution in [2.45, 2.75) is 63.2 Å². The van der Waals surface area contributed by atoms with Crippen LogP contribution in [0.5, 0.6) is 0 Å². The highest BCUT2D eigenvalue weighted by molar-refractivity contribution is 7.78. The lowest BCUT2D eigenvalue weighted by molar-refractivity contribution is 0.0825. The molecule has 1 heterocycles. The summed E-state index contributed by atoms with van der Waals surface area (Å²) in [7, 11) is -2.28. The summed E-state index contributed by atoms with van der Waals surface area (Å²) in [5.74, 6) is 0.160. The second-order valence-corrected chi connectivity index (χ2v) is 10.6. The molecule has 1 unspecified atom stereocenters. The van der Waals surface area contributed by atoms with E-state index in [1.807, 2.05) is 27.7 Å². The fraction of sp³-hybridized carbons (Fsp3) is 0.429. The van der Waals surface area contributed by atoms with Crippen LogP contribution in [-0.4, -0.2) is 15.3 Å². The van der Waals surface area contributed by atoms with Crippen LogP contribution in [0, 0.1) is 11.3 Å². The third-order valence-corrected chi connectivity index (χ3v) is 7.20. The summed E-state index contributed by atoms with van der Waals surface area (Å²) in [4.78, 5) is 13.2. The third-order valence-electron chi connectivity index (χ3n) is 4.37. The van der Waals surface area contributed by atoms with E-state index in [1.165, 1.54) is 11.3 Å². The van der Waals surface area contributed by atoms with Crippen LogP contribution in [0.1, 0.15) is 74.9 Å². The van der Waals surface area contributed by atoms with Gasteiger partial charge in [-0.05, 0) is 61.1 Å². The highest BCUT2D eigenvalue weighted by atomic mass is 32.2. The first-order valence-corrected chi connectivity index (χ1v) is 11.4. The number of aliphatic hydroxyl groups is 1. The number of nitrogens with one attached hydrogen (secondary N) is 1. The quantitative estimate of drug-likeness (QED) is 0.553. The Morgan fingerprint density at radius 2 is 1.76 bits per heavy atom. The predicted molar refractivity (Wildman–Crippen MR) is 118 cm³/mol. The van der Waals surface area contributed by atoms with Crippen molar-refractivity contribution in [1.82, 2.24) is 0 Å². The number of carbonyl (C=O) groups is 1. The van der Waals surface area contributed by atoms with Crippen LogP contribution in [0.3, 0.4) is 0 Å². The molecule has 0 saturated carbocycles. The van der Waals surface area contributed by atoms with Crippen molar-refractivity contribution in [3.05, 3.63) is 45.8 Å². The van der Waals surface area contributed by atoms with Gasteiger partial charge >= 0.3 is 6.03 Å². The number of benzene rings is 1. The fourth-order valence-electron chi connectivity index (χ4n) is 2.83. The maximum atomic E-state index is 12.5. The summed E-state index contributed by atoms with van der Waals surface area (Å²) in [6.07, 6.45) is 0. The number of nitrogens with zero attached hydrogens (tertiary/aromatic N) is 2. The Hall–Kier alpha value is -2.21. The number of thiol groups is 1. The second-order valence-electron chi connectivity index (χ2n) is 7.95. The summed E-state index contributed by atoms with van der Waals surface area (Å²) < 4.78 is 16.8. The molecule has 2 N–H and O–H groups in total. The Morgan fingerprint density at radius 3 is 2.17 bits per heavy atom. The topological polar surface area (TPSA) is 103 Å². The van der Waals surface area contributed by atoms with E-state index in [0.717, 1.165) is 11.1 Å². The molecule has 29 heavy (non-hydrogen) atoms. The normalized spacial score (nSPS) is 13.0. The van der Waals surface area contributed by atoms with Crippen LogP contribution >= 0.6 is 11.3 Å². The molecule has 0 fully saturated rings. The molecule has 8 heteroatoms. The zero-order chi connectivity index (χ0) is 21.9. The smallest absolute Gasteiger partial charge is 0.353 e. The van der Waals surface area contributed by atoms with Gasteiger partial charge in [-0.1, -0.05) is 27.7 Å². The Balaban J connectivity index is 2.39. The largest absolute Gasteiger partial charge is 0.385 e. The first-order valence-electron chi connectivity index (χ1n) is 9.34. The molecule has 6 nitrogen and oxygen atoms in total. The van der Waals surface area contributed by atoms with Gasteiger partial charge in [-0.2, -0.15) is 5.26 Å². The predicted octanol–water partition coefficient (Wildman–Crippen LogP) is 5.35. The SMILES string of the molecule is CC(C)c1cc(C#N)cc(C(C)C)c1NC(=O)/N=[SH](=O)/c1ccc(C(C)(C)O)s1. The van der Waals surface area contributed by atoms with Crippen molar-refractivity contribution >= 4 is 33.7 Å². The maximum absolute atomic E-state index is 12.5. The average Bonchev–Trinajstić information content (AvgIpc) is 3.11. The molecule has 0 aliphatic heterocycles. The van der Waals surface area contributed by atoms with Gasteiger partial charge in [0.05, 0.1) is 32.0 Å². The molecule has 1 aromatic heterocycles. The minimum absolute atomic E-state index is 0.0801. The molecule has 1 atom stereocenters. The molecule has 156 valence electrons. The Labute approximate surface area is 177 Å². The van der Waals surface area contributed by atoms with Crippen molar-refractivity contribution in [3.8, 4) is 6.07 Å². The zero-order valence-electron chi connectivity index (χ0n) is 17.5. The van der Waals surface area contributed by atoms with Crippen LogP contribution in [0.2, 0.25) is 0 Å². The number of amides is 2. The van der Waals surface area contributed by atoms with E-state index in [0.29, 0.717) is 20.3 Å². The molecular formula is C21H27N3O3S2. The number of rotatable bonds is 5. The fourth-order valence-corrected chi connectivity index (χ4v) is 4.82. The zero-order valence-corrected chi connectivity index (χ0v) is 19.2. The van der Waals surface area contributed by atoms with E-state index in [9.17, 15) is 19.4 Å². The summed E-state index contributed by atoms with van der Waals surface area (Å²) in [5.41, 5.74) is 1.80. The molecule has 1 aromatic carbocycles. The number of anilines is 1. The Bertz CT molecular complexity index is 1010. The van der Waals surface area contributed by atoms with E-state index in [4.69, 9.17) is 0 Å². The van der Waals surface area contributed by atoms with Crippen molar-refractivity contribution in [2.75, 3.05) is 5.32 Å². The van der Waals surface area contributed by atoms with Crippen LogP contribution in [0.4, 0.5) is 10.5 Å². The summed E-state index contributed by atoms with van der Waals surface area (Å²) >= 11 is 1.17.